The van der Waals surface area contributed by atoms with Crippen LogP contribution in [0, 0.1) is 5.92 Å². The zero-order chi connectivity index (χ0) is 37.4. The van der Waals surface area contributed by atoms with Crippen LogP contribution in [-0.2, 0) is 37.4 Å². The molecule has 2 aliphatic rings. The van der Waals surface area contributed by atoms with Crippen LogP contribution in [-0.4, -0.2) is 86.0 Å². The number of aryl methyl sites for hydroxylation is 1. The van der Waals surface area contributed by atoms with E-state index < -0.39 is 51.9 Å². The number of sulfonamides is 1. The van der Waals surface area contributed by atoms with Crippen LogP contribution < -0.4 is 15.4 Å². The van der Waals surface area contributed by atoms with E-state index in [0.29, 0.717) is 34.9 Å². The van der Waals surface area contributed by atoms with E-state index in [1.54, 1.807) is 36.4 Å². The highest BCUT2D eigenvalue weighted by atomic mass is 35.5. The fraction of sp³-hybridized carbons (Fsp3) is 0.436. The molecule has 2 saturated heterocycles. The van der Waals surface area contributed by atoms with Crippen molar-refractivity contribution in [2.45, 2.75) is 75.8 Å². The number of fused-ring (bicyclic) bond motifs is 1. The molecule has 4 aromatic rings. The number of hydrogen-bond acceptors (Lipinski definition) is 9. The van der Waals surface area contributed by atoms with Gasteiger partial charge < -0.3 is 24.7 Å². The molecule has 6 rings (SSSR count). The Labute approximate surface area is 315 Å². The zero-order valence-corrected chi connectivity index (χ0v) is 31.3. The van der Waals surface area contributed by atoms with Gasteiger partial charge in [0.2, 0.25) is 27.6 Å². The zero-order valence-electron chi connectivity index (χ0n) is 29.7. The number of nitrogens with zero attached hydrogens (tertiary/aromatic N) is 2. The van der Waals surface area contributed by atoms with Crippen LogP contribution in [0.4, 0.5) is 0 Å². The number of nitrogens with one attached hydrogen (secondary N) is 3. The molecule has 53 heavy (non-hydrogen) atoms. The summed E-state index contributed by atoms with van der Waals surface area (Å²) in [6.07, 6.45) is 4.18. The number of halogens is 1. The van der Waals surface area contributed by atoms with Crippen LogP contribution in [0.1, 0.15) is 60.3 Å². The number of rotatable bonds is 16. The third-order valence-electron chi connectivity index (χ3n) is 9.93. The van der Waals surface area contributed by atoms with Gasteiger partial charge in [0.15, 0.2) is 5.58 Å². The molecule has 14 heteroatoms. The van der Waals surface area contributed by atoms with Gasteiger partial charge in [-0.05, 0) is 92.9 Å². The third-order valence-corrected chi connectivity index (χ3v) is 10.9. The molecule has 0 saturated carbocycles. The largest absolute Gasteiger partial charge is 0.434 e. The van der Waals surface area contributed by atoms with Crippen molar-refractivity contribution in [3.8, 4) is 0 Å². The highest BCUT2D eigenvalue weighted by molar-refractivity contribution is 7.88. The average molecular weight is 764 g/mol. The minimum absolute atomic E-state index is 0.0631. The van der Waals surface area contributed by atoms with E-state index in [2.05, 4.69) is 20.3 Å². The van der Waals surface area contributed by atoms with Gasteiger partial charge in [-0.1, -0.05) is 66.2 Å². The predicted octanol–water partition coefficient (Wildman–Crippen LogP) is 4.67. The Morgan fingerprint density at radius 2 is 1.68 bits per heavy atom. The van der Waals surface area contributed by atoms with Crippen LogP contribution in [0.25, 0.3) is 11.1 Å². The lowest BCUT2D eigenvalue weighted by Gasteiger charge is -2.30. The quantitative estimate of drug-likeness (QED) is 0.138. The summed E-state index contributed by atoms with van der Waals surface area (Å²) in [5.74, 6) is -1.31. The first-order valence-electron chi connectivity index (χ1n) is 18.1. The van der Waals surface area contributed by atoms with Crippen LogP contribution in [0.3, 0.4) is 0 Å². The molecule has 12 nitrogen and oxygen atoms in total. The Kier molecular flexibility index (Phi) is 12.9. The summed E-state index contributed by atoms with van der Waals surface area (Å²) in [5, 5.41) is 6.85. The maximum atomic E-state index is 14.4. The fourth-order valence-electron chi connectivity index (χ4n) is 7.09. The van der Waals surface area contributed by atoms with Gasteiger partial charge in [0.05, 0.1) is 25.0 Å². The molecule has 3 N–H and O–H groups in total. The first kappa shape index (κ1) is 38.6. The first-order valence-corrected chi connectivity index (χ1v) is 20.4. The van der Waals surface area contributed by atoms with E-state index in [-0.39, 0.29) is 38.3 Å². The molecule has 0 aliphatic carbocycles. The molecular weight excluding hydrogens is 718 g/mol. The first-order chi connectivity index (χ1) is 25.5. The van der Waals surface area contributed by atoms with Crippen LogP contribution in [0.15, 0.2) is 83.3 Å². The number of benzene rings is 3. The maximum Gasteiger partial charge on any atom is 0.266 e. The summed E-state index contributed by atoms with van der Waals surface area (Å²) >= 11 is 6.06. The van der Waals surface area contributed by atoms with E-state index in [0.717, 1.165) is 43.3 Å². The number of oxazole rings is 1. The van der Waals surface area contributed by atoms with E-state index in [4.69, 9.17) is 20.8 Å². The van der Waals surface area contributed by atoms with Crippen LogP contribution in [0.2, 0.25) is 5.02 Å². The molecular formula is C39H46ClN5O7S. The molecule has 2 fully saturated rings. The van der Waals surface area contributed by atoms with Crippen molar-refractivity contribution in [2.75, 3.05) is 25.9 Å². The van der Waals surface area contributed by atoms with Crippen LogP contribution >= 0.6 is 11.6 Å². The number of ketones is 1. The maximum absolute atomic E-state index is 14.4. The lowest BCUT2D eigenvalue weighted by molar-refractivity contribution is -0.140. The molecule has 1 aromatic heterocycles. The van der Waals surface area contributed by atoms with Crippen molar-refractivity contribution in [1.82, 2.24) is 25.2 Å². The van der Waals surface area contributed by atoms with Crippen LogP contribution in [0.5, 0.6) is 0 Å². The summed E-state index contributed by atoms with van der Waals surface area (Å²) in [6.45, 7) is 2.03. The van der Waals surface area contributed by atoms with E-state index in [1.807, 2.05) is 42.5 Å². The SMILES string of the molecule is CS(=O)(=O)N[C@H](CCC1CCNCC1)C(=O)N1C[C@H](OCc2ccc(Cl)cc2)C[C@H]1C(=O)N[C@@H](CCc1ccccc1)C(=O)c1nc2ccccc2o1. The third kappa shape index (κ3) is 10.7. The average Bonchev–Trinajstić information content (AvgIpc) is 3.80. The molecule has 0 radical (unpaired) electrons. The van der Waals surface area contributed by atoms with Crippen molar-refractivity contribution < 1.29 is 32.0 Å². The Bertz CT molecular complexity index is 1940. The van der Waals surface area contributed by atoms with Gasteiger partial charge >= 0.3 is 0 Å². The summed E-state index contributed by atoms with van der Waals surface area (Å²) in [5.41, 5.74) is 2.81. The molecule has 0 bridgehead atoms. The summed E-state index contributed by atoms with van der Waals surface area (Å²) in [7, 11) is -3.77. The predicted molar refractivity (Wildman–Crippen MR) is 202 cm³/mol. The van der Waals surface area contributed by atoms with Gasteiger partial charge in [0.25, 0.3) is 5.89 Å². The standard InChI is InChI=1S/C39H46ClN5O7S/c1-53(49,50)44-33(18-14-27-19-21-41-22-20-27)39(48)45-24-30(51-25-28-11-15-29(40)16-12-28)23-34(45)37(47)42-32(17-13-26-7-3-2-4-8-26)36(46)38-43-31-9-5-6-10-35(31)52-38/h2-12,15-16,27,30,32-34,41,44H,13-14,17-25H2,1H3,(H,42,47)/t30-,32+,33-,34+/m1/s1. The highest BCUT2D eigenvalue weighted by Crippen LogP contribution is 2.27. The minimum Gasteiger partial charge on any atom is -0.434 e. The molecule has 2 aliphatic heterocycles. The van der Waals surface area contributed by atoms with Crippen molar-refractivity contribution in [1.29, 1.82) is 0 Å². The molecule has 2 amide bonds. The lowest BCUT2D eigenvalue weighted by Crippen LogP contribution is -2.55. The summed E-state index contributed by atoms with van der Waals surface area (Å²) in [6, 6.07) is 20.7. The second-order valence-corrected chi connectivity index (χ2v) is 16.2. The number of amides is 2. The van der Waals surface area contributed by atoms with E-state index >= 15 is 0 Å². The normalized spacial score (nSPS) is 19.2. The Balaban J connectivity index is 1.24. The van der Waals surface area contributed by atoms with Crippen molar-refractivity contribution in [3.63, 3.8) is 0 Å². The van der Waals surface area contributed by atoms with Crippen molar-refractivity contribution in [2.24, 2.45) is 5.92 Å². The second-order valence-electron chi connectivity index (χ2n) is 14.0. The van der Waals surface area contributed by atoms with Crippen molar-refractivity contribution >= 4 is 50.3 Å². The molecule has 0 spiro atoms. The Hall–Kier alpha value is -4.14. The summed E-state index contributed by atoms with van der Waals surface area (Å²) < 4.78 is 39.6. The fourth-order valence-corrected chi connectivity index (χ4v) is 7.95. The minimum atomic E-state index is -3.77. The monoisotopic (exact) mass is 763 g/mol. The number of piperidine rings is 1. The highest BCUT2D eigenvalue weighted by Gasteiger charge is 2.44. The number of ether oxygens (including phenoxy) is 1. The molecule has 3 aromatic carbocycles. The summed E-state index contributed by atoms with van der Waals surface area (Å²) in [4.78, 5) is 48.5. The van der Waals surface area contributed by atoms with E-state index in [1.165, 1.54) is 4.90 Å². The van der Waals surface area contributed by atoms with Crippen molar-refractivity contribution in [3.05, 3.63) is 101 Å². The number of Topliss-reactive ketones (excluding diaryl/α,β-unsaturated/α-hetero) is 1. The number of para-hydroxylation sites is 2. The topological polar surface area (TPSA) is 160 Å². The Morgan fingerprint density at radius 3 is 2.40 bits per heavy atom. The molecule has 4 atom stereocenters. The van der Waals surface area contributed by atoms with E-state index in [9.17, 15) is 22.8 Å². The van der Waals surface area contributed by atoms with Gasteiger partial charge in [-0.25, -0.2) is 18.1 Å². The second kappa shape index (κ2) is 17.8. The van der Waals surface area contributed by atoms with Gasteiger partial charge in [-0.3, -0.25) is 14.4 Å². The Morgan fingerprint density at radius 1 is 0.962 bits per heavy atom. The lowest BCUT2D eigenvalue weighted by atomic mass is 9.91. The number of hydrogen-bond donors (Lipinski definition) is 3. The number of aromatic nitrogens is 1. The van der Waals surface area contributed by atoms with Gasteiger partial charge in [0, 0.05) is 18.0 Å². The molecule has 0 unspecified atom stereocenters. The van der Waals surface area contributed by atoms with Gasteiger partial charge in [0.1, 0.15) is 17.6 Å². The van der Waals surface area contributed by atoms with Gasteiger partial charge in [-0.2, -0.15) is 0 Å². The smallest absolute Gasteiger partial charge is 0.266 e. The molecule has 282 valence electrons. The van der Waals surface area contributed by atoms with Gasteiger partial charge in [-0.15, -0.1) is 0 Å². The number of carbonyl (C=O) groups is 3. The molecule has 3 heterocycles. The number of likely N-dealkylation sites (tertiary alicyclic amines) is 1. The number of carbonyl (C=O) groups excluding carboxylic acids is 3.